The number of phenolic OH excluding ortho intramolecular Hbond substituents is 1. The third-order valence-corrected chi connectivity index (χ3v) is 6.33. The Kier molecular flexibility index (Phi) is 5.05. The summed E-state index contributed by atoms with van der Waals surface area (Å²) in [7, 11) is 0. The molecule has 5 heteroatoms. The molecule has 0 unspecified atom stereocenters. The highest BCUT2D eigenvalue weighted by atomic mass is 32.2. The third-order valence-electron chi connectivity index (χ3n) is 2.92. The zero-order valence-electron chi connectivity index (χ0n) is 10.9. The van der Waals surface area contributed by atoms with Crippen LogP contribution in [-0.4, -0.2) is 33.3 Å². The van der Waals surface area contributed by atoms with Gasteiger partial charge in [-0.1, -0.05) is 12.1 Å². The molecule has 0 bridgehead atoms. The standard InChI is InChI=1S/C14H18O3S2/c1-2-17-13(16)10-14(18-6-7-19-14)9-11-4-3-5-12(15)8-11/h3-5,8,15H,2,6-7,9-10H2,1H3. The van der Waals surface area contributed by atoms with Crippen LogP contribution in [0.1, 0.15) is 18.9 Å². The summed E-state index contributed by atoms with van der Waals surface area (Å²) in [5.74, 6) is 2.26. The second kappa shape index (κ2) is 6.57. The minimum absolute atomic E-state index is 0.135. The predicted octanol–water partition coefficient (Wildman–Crippen LogP) is 3.06. The van der Waals surface area contributed by atoms with E-state index in [1.807, 2.05) is 42.6 Å². The van der Waals surface area contributed by atoms with Crippen molar-refractivity contribution in [2.24, 2.45) is 0 Å². The summed E-state index contributed by atoms with van der Waals surface area (Å²) in [4.78, 5) is 11.8. The van der Waals surface area contributed by atoms with Gasteiger partial charge in [0.2, 0.25) is 0 Å². The Morgan fingerprint density at radius 3 is 2.79 bits per heavy atom. The maximum absolute atomic E-state index is 11.8. The third kappa shape index (κ3) is 4.08. The summed E-state index contributed by atoms with van der Waals surface area (Å²) in [5.41, 5.74) is 1.06. The monoisotopic (exact) mass is 298 g/mol. The van der Waals surface area contributed by atoms with E-state index in [1.165, 1.54) is 0 Å². The van der Waals surface area contributed by atoms with Gasteiger partial charge >= 0.3 is 5.97 Å². The Labute approximate surface area is 122 Å². The summed E-state index contributed by atoms with van der Waals surface area (Å²) in [6.45, 7) is 2.26. The molecule has 0 radical (unpaired) electrons. The highest BCUT2D eigenvalue weighted by Gasteiger charge is 2.38. The van der Waals surface area contributed by atoms with Crippen LogP contribution in [0.15, 0.2) is 24.3 Å². The lowest BCUT2D eigenvalue weighted by atomic mass is 10.1. The molecule has 3 nitrogen and oxygen atoms in total. The van der Waals surface area contributed by atoms with Crippen LogP contribution in [-0.2, 0) is 16.0 Å². The molecule has 1 N–H and O–H groups in total. The average Bonchev–Trinajstić information content (AvgIpc) is 2.77. The van der Waals surface area contributed by atoms with Crippen LogP contribution in [0.3, 0.4) is 0 Å². The molecule has 0 saturated carbocycles. The molecule has 1 saturated heterocycles. The van der Waals surface area contributed by atoms with Crippen LogP contribution < -0.4 is 0 Å². The summed E-state index contributed by atoms with van der Waals surface area (Å²) in [6.07, 6.45) is 1.20. The number of thioether (sulfide) groups is 2. The van der Waals surface area contributed by atoms with Crippen LogP contribution in [0.2, 0.25) is 0 Å². The van der Waals surface area contributed by atoms with E-state index >= 15 is 0 Å². The van der Waals surface area contributed by atoms with Gasteiger partial charge < -0.3 is 9.84 Å². The highest BCUT2D eigenvalue weighted by molar-refractivity contribution is 8.21. The Balaban J connectivity index is 2.09. The molecule has 19 heavy (non-hydrogen) atoms. The van der Waals surface area contributed by atoms with Gasteiger partial charge in [-0.3, -0.25) is 4.79 Å². The maximum atomic E-state index is 11.8. The van der Waals surface area contributed by atoms with Crippen molar-refractivity contribution >= 4 is 29.5 Å². The number of ether oxygens (including phenoxy) is 1. The van der Waals surface area contributed by atoms with E-state index in [9.17, 15) is 9.90 Å². The maximum Gasteiger partial charge on any atom is 0.308 e. The number of hydrogen-bond acceptors (Lipinski definition) is 5. The molecule has 1 aromatic rings. The van der Waals surface area contributed by atoms with E-state index in [2.05, 4.69) is 0 Å². The first-order valence-corrected chi connectivity index (χ1v) is 8.32. The molecule has 104 valence electrons. The number of carbonyl (C=O) groups excluding carboxylic acids is 1. The van der Waals surface area contributed by atoms with Gasteiger partial charge in [0.05, 0.1) is 17.1 Å². The van der Waals surface area contributed by atoms with Gasteiger partial charge in [-0.25, -0.2) is 0 Å². The molecule has 0 aromatic heterocycles. The molecular weight excluding hydrogens is 280 g/mol. The Hall–Kier alpha value is -0.810. The van der Waals surface area contributed by atoms with Crippen molar-refractivity contribution in [3.05, 3.63) is 29.8 Å². The van der Waals surface area contributed by atoms with Crippen LogP contribution in [0.25, 0.3) is 0 Å². The van der Waals surface area contributed by atoms with E-state index in [1.54, 1.807) is 12.1 Å². The number of phenols is 1. The lowest BCUT2D eigenvalue weighted by Crippen LogP contribution is -2.26. The molecule has 1 aliphatic rings. The molecule has 0 atom stereocenters. The molecule has 0 amide bonds. The van der Waals surface area contributed by atoms with E-state index in [-0.39, 0.29) is 15.8 Å². The quantitative estimate of drug-likeness (QED) is 0.847. The molecular formula is C14H18O3S2. The SMILES string of the molecule is CCOC(=O)CC1(Cc2cccc(O)c2)SCCS1. The van der Waals surface area contributed by atoms with Gasteiger partial charge in [-0.15, -0.1) is 23.5 Å². The van der Waals surface area contributed by atoms with Crippen molar-refractivity contribution in [2.45, 2.75) is 23.8 Å². The lowest BCUT2D eigenvalue weighted by molar-refractivity contribution is -0.143. The molecule has 1 fully saturated rings. The van der Waals surface area contributed by atoms with E-state index in [0.717, 1.165) is 23.5 Å². The summed E-state index contributed by atoms with van der Waals surface area (Å²) < 4.78 is 4.94. The Bertz CT molecular complexity index is 442. The fourth-order valence-corrected chi connectivity index (χ4v) is 5.39. The van der Waals surface area contributed by atoms with Gasteiger partial charge in [0, 0.05) is 11.5 Å². The summed E-state index contributed by atoms with van der Waals surface area (Å²) >= 11 is 3.65. The van der Waals surface area contributed by atoms with Gasteiger partial charge in [0.1, 0.15) is 5.75 Å². The van der Waals surface area contributed by atoms with E-state index < -0.39 is 0 Å². The number of benzene rings is 1. The van der Waals surface area contributed by atoms with Crippen molar-refractivity contribution < 1.29 is 14.6 Å². The molecule has 2 rings (SSSR count). The fraction of sp³-hybridized carbons (Fsp3) is 0.500. The first-order valence-electron chi connectivity index (χ1n) is 6.35. The van der Waals surface area contributed by atoms with Gasteiger partial charge in [-0.2, -0.15) is 0 Å². The van der Waals surface area contributed by atoms with Crippen molar-refractivity contribution in [3.8, 4) is 5.75 Å². The summed E-state index contributed by atoms with van der Waals surface area (Å²) in [6, 6.07) is 7.27. The zero-order chi connectivity index (χ0) is 13.7. The lowest BCUT2D eigenvalue weighted by Gasteiger charge is -2.26. The van der Waals surface area contributed by atoms with Gasteiger partial charge in [0.25, 0.3) is 0 Å². The van der Waals surface area contributed by atoms with Crippen LogP contribution in [0.5, 0.6) is 5.75 Å². The minimum atomic E-state index is -0.139. The topological polar surface area (TPSA) is 46.5 Å². The first kappa shape index (κ1) is 14.6. The number of carbonyl (C=O) groups is 1. The predicted molar refractivity (Wildman–Crippen MR) is 80.7 cm³/mol. The van der Waals surface area contributed by atoms with Gasteiger partial charge in [-0.05, 0) is 31.0 Å². The second-order valence-corrected chi connectivity index (χ2v) is 7.65. The minimum Gasteiger partial charge on any atom is -0.508 e. The van der Waals surface area contributed by atoms with Crippen LogP contribution >= 0.6 is 23.5 Å². The number of rotatable bonds is 5. The number of esters is 1. The second-order valence-electron chi connectivity index (χ2n) is 4.44. The number of hydrogen-bond donors (Lipinski definition) is 1. The van der Waals surface area contributed by atoms with E-state index in [4.69, 9.17) is 4.74 Å². The average molecular weight is 298 g/mol. The smallest absolute Gasteiger partial charge is 0.308 e. The highest BCUT2D eigenvalue weighted by Crippen LogP contribution is 2.49. The summed E-state index contributed by atoms with van der Waals surface area (Å²) in [5, 5.41) is 9.53. The largest absolute Gasteiger partial charge is 0.508 e. The van der Waals surface area contributed by atoms with Gasteiger partial charge in [0.15, 0.2) is 0 Å². The van der Waals surface area contributed by atoms with Crippen molar-refractivity contribution in [3.63, 3.8) is 0 Å². The van der Waals surface area contributed by atoms with E-state index in [0.29, 0.717) is 13.0 Å². The first-order chi connectivity index (χ1) is 9.13. The van der Waals surface area contributed by atoms with Crippen molar-refractivity contribution in [2.75, 3.05) is 18.1 Å². The van der Waals surface area contributed by atoms with Crippen LogP contribution in [0, 0.1) is 0 Å². The Morgan fingerprint density at radius 2 is 2.16 bits per heavy atom. The molecule has 1 heterocycles. The molecule has 0 aliphatic carbocycles. The number of aromatic hydroxyl groups is 1. The molecule has 1 aliphatic heterocycles. The fourth-order valence-electron chi connectivity index (χ4n) is 2.17. The molecule has 1 aromatic carbocycles. The normalized spacial score (nSPS) is 17.3. The Morgan fingerprint density at radius 1 is 1.42 bits per heavy atom. The van der Waals surface area contributed by atoms with Crippen molar-refractivity contribution in [1.29, 1.82) is 0 Å². The molecule has 0 spiro atoms. The van der Waals surface area contributed by atoms with Crippen LogP contribution in [0.4, 0.5) is 0 Å². The van der Waals surface area contributed by atoms with Crippen molar-refractivity contribution in [1.82, 2.24) is 0 Å². The zero-order valence-corrected chi connectivity index (χ0v) is 12.6.